The molecule has 29 heavy (non-hydrogen) atoms. The topological polar surface area (TPSA) is 124 Å². The largest absolute Gasteiger partial charge is 0.486 e. The number of nitrogens with one attached hydrogen (secondary N) is 4. The van der Waals surface area contributed by atoms with E-state index < -0.39 is 0 Å². The van der Waals surface area contributed by atoms with Crippen LogP contribution in [-0.2, 0) is 19.4 Å². The average molecular weight is 391 g/mol. The molecular formula is C20H21N7O2. The van der Waals surface area contributed by atoms with Crippen LogP contribution >= 0.6 is 0 Å². The summed E-state index contributed by atoms with van der Waals surface area (Å²) < 4.78 is 5.88. The van der Waals surface area contributed by atoms with Crippen molar-refractivity contribution in [1.29, 1.82) is 0 Å². The number of H-pyrrole nitrogens is 3. The molecule has 0 atom stereocenters. The van der Waals surface area contributed by atoms with Gasteiger partial charge in [0, 0.05) is 23.0 Å². The van der Waals surface area contributed by atoms with Gasteiger partial charge in [-0.1, -0.05) is 0 Å². The molecule has 1 aromatic carbocycles. The Hall–Kier alpha value is -3.62. The second kappa shape index (κ2) is 7.08. The lowest BCUT2D eigenvalue weighted by molar-refractivity contribution is 0.295. The first kappa shape index (κ1) is 17.5. The predicted octanol–water partition coefficient (Wildman–Crippen LogP) is 2.88. The minimum atomic E-state index is -0.170. The van der Waals surface area contributed by atoms with Crippen LogP contribution in [0.2, 0.25) is 0 Å². The minimum Gasteiger partial charge on any atom is -0.486 e. The number of anilines is 2. The minimum absolute atomic E-state index is 0.170. The van der Waals surface area contributed by atoms with Crippen molar-refractivity contribution in [3.63, 3.8) is 0 Å². The van der Waals surface area contributed by atoms with Crippen LogP contribution in [-0.4, -0.2) is 30.4 Å². The van der Waals surface area contributed by atoms with Crippen LogP contribution in [0.4, 0.5) is 11.6 Å². The van der Waals surface area contributed by atoms with Crippen molar-refractivity contribution < 1.29 is 4.74 Å². The van der Waals surface area contributed by atoms with E-state index in [1.165, 1.54) is 0 Å². The quantitative estimate of drug-likeness (QED) is 0.415. The molecule has 3 heterocycles. The zero-order valence-corrected chi connectivity index (χ0v) is 16.0. The van der Waals surface area contributed by atoms with E-state index in [2.05, 4.69) is 25.7 Å². The SMILES string of the molecule is Cc1cc(Nc2nc(COc3ccc4[nH][nH]c(=O)c4c3)nc3c2CCCC3)n[nH]1. The monoisotopic (exact) mass is 391 g/mol. The molecule has 5 rings (SSSR count). The van der Waals surface area contributed by atoms with Gasteiger partial charge in [0.1, 0.15) is 18.2 Å². The average Bonchev–Trinajstić information content (AvgIpc) is 3.31. The maximum Gasteiger partial charge on any atom is 0.271 e. The van der Waals surface area contributed by atoms with Crippen LogP contribution in [0.15, 0.2) is 29.1 Å². The molecule has 4 aromatic rings. The van der Waals surface area contributed by atoms with Crippen LogP contribution in [0.5, 0.6) is 5.75 Å². The summed E-state index contributed by atoms with van der Waals surface area (Å²) in [5.74, 6) is 2.72. The van der Waals surface area contributed by atoms with Gasteiger partial charge in [-0.3, -0.25) is 20.1 Å². The molecule has 3 aromatic heterocycles. The number of ether oxygens (including phenoxy) is 1. The van der Waals surface area contributed by atoms with Gasteiger partial charge in [-0.15, -0.1) is 0 Å². The number of benzene rings is 1. The van der Waals surface area contributed by atoms with Crippen LogP contribution < -0.4 is 15.6 Å². The van der Waals surface area contributed by atoms with Gasteiger partial charge in [-0.05, 0) is 50.8 Å². The first-order valence-corrected chi connectivity index (χ1v) is 9.66. The Kier molecular flexibility index (Phi) is 4.27. The maximum atomic E-state index is 11.8. The fourth-order valence-electron chi connectivity index (χ4n) is 3.67. The molecule has 0 bridgehead atoms. The van der Waals surface area contributed by atoms with Crippen LogP contribution in [0.3, 0.4) is 0 Å². The normalized spacial score (nSPS) is 13.4. The second-order valence-corrected chi connectivity index (χ2v) is 7.26. The Bertz CT molecular complexity index is 1240. The molecule has 0 unspecified atom stereocenters. The molecular weight excluding hydrogens is 370 g/mol. The summed E-state index contributed by atoms with van der Waals surface area (Å²) in [6, 6.07) is 7.28. The zero-order valence-electron chi connectivity index (χ0n) is 16.0. The molecule has 0 aliphatic heterocycles. The smallest absolute Gasteiger partial charge is 0.271 e. The Morgan fingerprint density at radius 2 is 2.03 bits per heavy atom. The number of hydrogen-bond donors (Lipinski definition) is 4. The Labute approximate surface area is 165 Å². The van der Waals surface area contributed by atoms with Gasteiger partial charge in [0.05, 0.1) is 10.9 Å². The fraction of sp³-hybridized carbons (Fsp3) is 0.300. The Morgan fingerprint density at radius 1 is 1.14 bits per heavy atom. The van der Waals surface area contributed by atoms with Crippen molar-refractivity contribution in [1.82, 2.24) is 30.4 Å². The first-order chi connectivity index (χ1) is 14.2. The molecule has 9 nitrogen and oxygen atoms in total. The summed E-state index contributed by atoms with van der Waals surface area (Å²) in [6.45, 7) is 2.18. The van der Waals surface area contributed by atoms with E-state index in [4.69, 9.17) is 14.7 Å². The number of aryl methyl sites for hydroxylation is 2. The van der Waals surface area contributed by atoms with Gasteiger partial charge < -0.3 is 10.1 Å². The van der Waals surface area contributed by atoms with Crippen molar-refractivity contribution in [3.05, 3.63) is 57.4 Å². The van der Waals surface area contributed by atoms with Crippen molar-refractivity contribution in [2.45, 2.75) is 39.2 Å². The molecule has 9 heteroatoms. The summed E-state index contributed by atoms with van der Waals surface area (Å²) in [7, 11) is 0. The van der Waals surface area contributed by atoms with Crippen molar-refractivity contribution in [2.24, 2.45) is 0 Å². The number of nitrogens with zero attached hydrogens (tertiary/aromatic N) is 3. The van der Waals surface area contributed by atoms with Crippen molar-refractivity contribution in [3.8, 4) is 5.75 Å². The van der Waals surface area contributed by atoms with E-state index in [0.717, 1.165) is 59.8 Å². The number of rotatable bonds is 5. The molecule has 4 N–H and O–H groups in total. The zero-order chi connectivity index (χ0) is 19.8. The number of fused-ring (bicyclic) bond motifs is 2. The standard InChI is InChI=1S/C20H21N7O2/c1-11-8-17(26-24-11)22-19-13-4-2-3-5-15(13)21-18(23-19)10-29-12-6-7-16-14(9-12)20(28)27-25-16/h6-9H,2-5,10H2,1H3,(H2,25,27,28)(H2,21,22,23,24,26). The van der Waals surface area contributed by atoms with E-state index in [1.807, 2.05) is 25.1 Å². The Balaban J connectivity index is 1.42. The van der Waals surface area contributed by atoms with E-state index in [1.54, 1.807) is 6.07 Å². The van der Waals surface area contributed by atoms with Crippen molar-refractivity contribution >= 4 is 22.5 Å². The third kappa shape index (κ3) is 3.46. The van der Waals surface area contributed by atoms with E-state index >= 15 is 0 Å². The van der Waals surface area contributed by atoms with E-state index in [-0.39, 0.29) is 12.2 Å². The van der Waals surface area contributed by atoms with Crippen molar-refractivity contribution in [2.75, 3.05) is 5.32 Å². The Morgan fingerprint density at radius 3 is 2.90 bits per heavy atom. The maximum absolute atomic E-state index is 11.8. The summed E-state index contributed by atoms with van der Waals surface area (Å²) in [6.07, 6.45) is 4.14. The van der Waals surface area contributed by atoms with Crippen LogP contribution in [0.1, 0.15) is 35.6 Å². The van der Waals surface area contributed by atoms with Gasteiger partial charge in [0.2, 0.25) is 0 Å². The van der Waals surface area contributed by atoms with E-state index in [9.17, 15) is 4.79 Å². The highest BCUT2D eigenvalue weighted by molar-refractivity contribution is 5.79. The second-order valence-electron chi connectivity index (χ2n) is 7.26. The molecule has 0 saturated carbocycles. The van der Waals surface area contributed by atoms with Gasteiger partial charge in [-0.25, -0.2) is 9.97 Å². The highest BCUT2D eigenvalue weighted by atomic mass is 16.5. The highest BCUT2D eigenvalue weighted by Gasteiger charge is 2.19. The third-order valence-electron chi connectivity index (χ3n) is 5.10. The number of hydrogen-bond acceptors (Lipinski definition) is 6. The fourth-order valence-corrected chi connectivity index (χ4v) is 3.67. The summed E-state index contributed by atoms with van der Waals surface area (Å²) in [5, 5.41) is 16.5. The summed E-state index contributed by atoms with van der Waals surface area (Å²) in [5.41, 5.74) is 3.77. The lowest BCUT2D eigenvalue weighted by atomic mass is 9.96. The number of aromatic amines is 3. The van der Waals surface area contributed by atoms with Gasteiger partial charge >= 0.3 is 0 Å². The highest BCUT2D eigenvalue weighted by Crippen LogP contribution is 2.28. The van der Waals surface area contributed by atoms with Crippen LogP contribution in [0.25, 0.3) is 10.9 Å². The van der Waals surface area contributed by atoms with E-state index in [0.29, 0.717) is 17.0 Å². The van der Waals surface area contributed by atoms with Gasteiger partial charge in [-0.2, -0.15) is 5.10 Å². The molecule has 1 aliphatic rings. The predicted molar refractivity (Wildman–Crippen MR) is 109 cm³/mol. The first-order valence-electron chi connectivity index (χ1n) is 9.66. The van der Waals surface area contributed by atoms with Crippen LogP contribution in [0, 0.1) is 6.92 Å². The molecule has 0 amide bonds. The molecule has 0 fully saturated rings. The summed E-state index contributed by atoms with van der Waals surface area (Å²) in [4.78, 5) is 21.2. The lowest BCUT2D eigenvalue weighted by Gasteiger charge is -2.19. The van der Waals surface area contributed by atoms with Gasteiger partial charge in [0.25, 0.3) is 5.56 Å². The van der Waals surface area contributed by atoms with Gasteiger partial charge in [0.15, 0.2) is 11.6 Å². The molecule has 1 aliphatic carbocycles. The molecule has 0 radical (unpaired) electrons. The molecule has 0 spiro atoms. The number of aromatic nitrogens is 6. The molecule has 0 saturated heterocycles. The summed E-state index contributed by atoms with van der Waals surface area (Å²) >= 11 is 0. The molecule has 148 valence electrons. The lowest BCUT2D eigenvalue weighted by Crippen LogP contribution is -2.14. The third-order valence-corrected chi connectivity index (χ3v) is 5.10.